The number of aryl methyl sites for hydroxylation is 4. The van der Waals surface area contributed by atoms with Crippen LogP contribution in [0.2, 0.25) is 0 Å². The summed E-state index contributed by atoms with van der Waals surface area (Å²) in [7, 11) is 0. The van der Waals surface area contributed by atoms with Crippen LogP contribution in [0.15, 0.2) is 39.2 Å². The summed E-state index contributed by atoms with van der Waals surface area (Å²) in [5, 5.41) is 6.05. The normalized spacial score (nSPS) is 11.9. The Hall–Kier alpha value is -3.28. The van der Waals surface area contributed by atoms with Crippen molar-refractivity contribution in [3.8, 4) is 0 Å². The molecule has 31 heavy (non-hydrogen) atoms. The van der Waals surface area contributed by atoms with Crippen molar-refractivity contribution in [1.82, 2.24) is 10.6 Å². The van der Waals surface area contributed by atoms with E-state index in [9.17, 15) is 9.59 Å². The second kappa shape index (κ2) is 9.25. The molecule has 164 valence electrons. The van der Waals surface area contributed by atoms with Gasteiger partial charge in [-0.2, -0.15) is 0 Å². The SMILES string of the molecule is Cc1oc(C)c(C(=O)NCC(Cc2ccccc2)NC(=O)c2c(C)oc(C)c2C)c1C. The van der Waals surface area contributed by atoms with Gasteiger partial charge in [0.15, 0.2) is 0 Å². The lowest BCUT2D eigenvalue weighted by Crippen LogP contribution is -2.45. The highest BCUT2D eigenvalue weighted by atomic mass is 16.3. The van der Waals surface area contributed by atoms with Crippen molar-refractivity contribution < 1.29 is 18.4 Å². The van der Waals surface area contributed by atoms with Crippen molar-refractivity contribution in [2.24, 2.45) is 0 Å². The highest BCUT2D eigenvalue weighted by Crippen LogP contribution is 2.22. The lowest BCUT2D eigenvalue weighted by molar-refractivity contribution is 0.0906. The zero-order valence-electron chi connectivity index (χ0n) is 19.0. The van der Waals surface area contributed by atoms with Crippen LogP contribution in [0.4, 0.5) is 0 Å². The van der Waals surface area contributed by atoms with Crippen LogP contribution in [0.25, 0.3) is 0 Å². The number of rotatable bonds is 7. The van der Waals surface area contributed by atoms with Crippen molar-refractivity contribution >= 4 is 11.8 Å². The van der Waals surface area contributed by atoms with Crippen LogP contribution in [-0.4, -0.2) is 24.4 Å². The third-order valence-corrected chi connectivity index (χ3v) is 5.75. The number of hydrogen-bond donors (Lipinski definition) is 2. The Morgan fingerprint density at radius 3 is 1.77 bits per heavy atom. The fraction of sp³-hybridized carbons (Fsp3) is 0.360. The molecule has 0 fully saturated rings. The third-order valence-electron chi connectivity index (χ3n) is 5.75. The number of carbonyl (C=O) groups is 2. The number of furan rings is 2. The number of amides is 2. The molecule has 6 nitrogen and oxygen atoms in total. The molecule has 2 aromatic heterocycles. The average molecular weight is 423 g/mol. The van der Waals surface area contributed by atoms with Gasteiger partial charge in [0.05, 0.1) is 17.2 Å². The summed E-state index contributed by atoms with van der Waals surface area (Å²) in [5.41, 5.74) is 3.85. The van der Waals surface area contributed by atoms with Crippen molar-refractivity contribution in [2.75, 3.05) is 6.54 Å². The molecule has 3 aromatic rings. The highest BCUT2D eigenvalue weighted by molar-refractivity contribution is 5.98. The zero-order chi connectivity index (χ0) is 22.7. The second-order valence-electron chi connectivity index (χ2n) is 8.00. The predicted octanol–water partition coefficient (Wildman–Crippen LogP) is 4.49. The minimum atomic E-state index is -0.290. The fourth-order valence-electron chi connectivity index (χ4n) is 3.89. The van der Waals surface area contributed by atoms with Crippen LogP contribution < -0.4 is 10.6 Å². The van der Waals surface area contributed by atoms with Crippen molar-refractivity contribution in [2.45, 2.75) is 54.0 Å². The number of carbonyl (C=O) groups excluding carboxylic acids is 2. The first-order valence-electron chi connectivity index (χ1n) is 10.4. The predicted molar refractivity (Wildman–Crippen MR) is 120 cm³/mol. The van der Waals surface area contributed by atoms with Gasteiger partial charge in [-0.25, -0.2) is 0 Å². The van der Waals surface area contributed by atoms with Crippen LogP contribution in [0.3, 0.4) is 0 Å². The standard InChI is InChI=1S/C25H30N2O4/c1-14-16(3)30-18(5)22(14)24(28)26-13-21(12-20-10-8-7-9-11-20)27-25(29)23-15(2)17(4)31-19(23)6/h7-11,21H,12-13H2,1-6H3,(H,26,28)(H,27,29). The number of hydrogen-bond acceptors (Lipinski definition) is 4. The molecule has 2 N–H and O–H groups in total. The average Bonchev–Trinajstić information content (AvgIpc) is 3.13. The molecule has 0 aliphatic heterocycles. The molecule has 0 aliphatic rings. The third kappa shape index (κ3) is 4.90. The van der Waals surface area contributed by atoms with Crippen LogP contribution in [0.5, 0.6) is 0 Å². The number of benzene rings is 1. The Kier molecular flexibility index (Phi) is 6.68. The molecule has 1 unspecified atom stereocenters. The van der Waals surface area contributed by atoms with E-state index < -0.39 is 0 Å². The van der Waals surface area contributed by atoms with Gasteiger partial charge in [-0.1, -0.05) is 30.3 Å². The van der Waals surface area contributed by atoms with E-state index in [-0.39, 0.29) is 24.4 Å². The van der Waals surface area contributed by atoms with Crippen molar-refractivity contribution in [3.63, 3.8) is 0 Å². The largest absolute Gasteiger partial charge is 0.466 e. The van der Waals surface area contributed by atoms with Gasteiger partial charge >= 0.3 is 0 Å². The minimum absolute atomic E-state index is 0.200. The van der Waals surface area contributed by atoms with Gasteiger partial charge in [0, 0.05) is 17.7 Å². The lowest BCUT2D eigenvalue weighted by Gasteiger charge is -2.20. The van der Waals surface area contributed by atoms with Gasteiger partial charge in [-0.15, -0.1) is 0 Å². The first-order valence-corrected chi connectivity index (χ1v) is 10.4. The molecule has 1 aromatic carbocycles. The summed E-state index contributed by atoms with van der Waals surface area (Å²) >= 11 is 0. The summed E-state index contributed by atoms with van der Waals surface area (Å²) in [6.45, 7) is 11.3. The molecule has 0 saturated heterocycles. The van der Waals surface area contributed by atoms with Crippen LogP contribution >= 0.6 is 0 Å². The van der Waals surface area contributed by atoms with E-state index in [0.29, 0.717) is 29.1 Å². The van der Waals surface area contributed by atoms with Gasteiger partial charge in [0.25, 0.3) is 11.8 Å². The smallest absolute Gasteiger partial charge is 0.255 e. The molecule has 1 atom stereocenters. The maximum Gasteiger partial charge on any atom is 0.255 e. The van der Waals surface area contributed by atoms with E-state index in [2.05, 4.69) is 10.6 Å². The highest BCUT2D eigenvalue weighted by Gasteiger charge is 2.23. The maximum atomic E-state index is 13.0. The van der Waals surface area contributed by atoms with E-state index in [0.717, 1.165) is 28.2 Å². The maximum absolute atomic E-state index is 13.0. The minimum Gasteiger partial charge on any atom is -0.466 e. The van der Waals surface area contributed by atoms with Gasteiger partial charge in [-0.05, 0) is 53.5 Å². The molecule has 2 heterocycles. The Morgan fingerprint density at radius 1 is 0.774 bits per heavy atom. The topological polar surface area (TPSA) is 84.5 Å². The molecule has 6 heteroatoms. The van der Waals surface area contributed by atoms with E-state index in [1.807, 2.05) is 58.0 Å². The second-order valence-corrected chi connectivity index (χ2v) is 8.00. The van der Waals surface area contributed by atoms with Crippen LogP contribution in [0.1, 0.15) is 60.4 Å². The Morgan fingerprint density at radius 2 is 1.29 bits per heavy atom. The molecule has 0 radical (unpaired) electrons. The first-order chi connectivity index (χ1) is 14.7. The van der Waals surface area contributed by atoms with E-state index in [1.165, 1.54) is 0 Å². The van der Waals surface area contributed by atoms with Gasteiger partial charge < -0.3 is 19.5 Å². The van der Waals surface area contributed by atoms with Crippen LogP contribution in [-0.2, 0) is 6.42 Å². The van der Waals surface area contributed by atoms with E-state index in [4.69, 9.17) is 8.83 Å². The van der Waals surface area contributed by atoms with Gasteiger partial charge in [-0.3, -0.25) is 9.59 Å². The Balaban J connectivity index is 1.78. The summed E-state index contributed by atoms with van der Waals surface area (Å²) in [5.74, 6) is 2.25. The van der Waals surface area contributed by atoms with E-state index in [1.54, 1.807) is 13.8 Å². The monoisotopic (exact) mass is 422 g/mol. The quantitative estimate of drug-likeness (QED) is 0.587. The summed E-state index contributed by atoms with van der Waals surface area (Å²) < 4.78 is 11.2. The lowest BCUT2D eigenvalue weighted by atomic mass is 10.0. The fourth-order valence-corrected chi connectivity index (χ4v) is 3.89. The van der Waals surface area contributed by atoms with Crippen molar-refractivity contribution in [1.29, 1.82) is 0 Å². The summed E-state index contributed by atoms with van der Waals surface area (Å²) in [6, 6.07) is 9.59. The molecule has 3 rings (SSSR count). The molecular weight excluding hydrogens is 392 g/mol. The summed E-state index contributed by atoms with van der Waals surface area (Å²) in [6.07, 6.45) is 0.587. The van der Waals surface area contributed by atoms with Gasteiger partial charge in [0.2, 0.25) is 0 Å². The van der Waals surface area contributed by atoms with Crippen molar-refractivity contribution in [3.05, 3.63) is 81.2 Å². The molecule has 0 spiro atoms. The molecule has 2 amide bonds. The Bertz CT molecular complexity index is 1090. The molecular formula is C25H30N2O4. The Labute approximate surface area is 183 Å². The summed E-state index contributed by atoms with van der Waals surface area (Å²) in [4.78, 5) is 25.9. The molecule has 0 aliphatic carbocycles. The van der Waals surface area contributed by atoms with E-state index >= 15 is 0 Å². The number of nitrogens with one attached hydrogen (secondary N) is 2. The zero-order valence-corrected chi connectivity index (χ0v) is 19.0. The first kappa shape index (κ1) is 22.4. The molecule has 0 saturated carbocycles. The van der Waals surface area contributed by atoms with Gasteiger partial charge in [0.1, 0.15) is 23.0 Å². The van der Waals surface area contributed by atoms with Crippen LogP contribution in [0, 0.1) is 41.5 Å². The molecule has 0 bridgehead atoms.